The molecule has 0 aliphatic heterocycles. The first-order valence-corrected chi connectivity index (χ1v) is 4.64. The molecule has 0 aromatic heterocycles. The van der Waals surface area contributed by atoms with Crippen molar-refractivity contribution >= 4 is 5.97 Å². The number of nitrogens with two attached hydrogens (primary N) is 1. The molecule has 0 amide bonds. The number of hydrogen-bond acceptors (Lipinski definition) is 3. The maximum Gasteiger partial charge on any atom is 0.325 e. The van der Waals surface area contributed by atoms with Gasteiger partial charge in [0.1, 0.15) is 12.2 Å². The first-order chi connectivity index (χ1) is 6.16. The highest BCUT2D eigenvalue weighted by Crippen LogP contribution is 2.30. The third kappa shape index (κ3) is 2.40. The molecule has 0 aromatic carbocycles. The molecule has 0 heterocycles. The Bertz CT molecular complexity index is 180. The maximum absolute atomic E-state index is 13.5. The summed E-state index contributed by atoms with van der Waals surface area (Å²) in [5.41, 5.74) is 5.40. The molecule has 0 saturated heterocycles. The molecule has 13 heavy (non-hydrogen) atoms. The van der Waals surface area contributed by atoms with Gasteiger partial charge in [0.05, 0.1) is 7.11 Å². The Kier molecular flexibility index (Phi) is 3.66. The topological polar surface area (TPSA) is 52.3 Å². The SMILES string of the molecule is COC(=O)C(N)C(F)C1CCCC1. The lowest BCUT2D eigenvalue weighted by molar-refractivity contribution is -0.144. The normalized spacial score (nSPS) is 22.7. The van der Waals surface area contributed by atoms with Gasteiger partial charge in [-0.15, -0.1) is 0 Å². The number of esters is 1. The van der Waals surface area contributed by atoms with Gasteiger partial charge in [-0.3, -0.25) is 4.79 Å². The minimum absolute atomic E-state index is 0.0471. The van der Waals surface area contributed by atoms with Crippen LogP contribution in [0.4, 0.5) is 4.39 Å². The zero-order chi connectivity index (χ0) is 9.84. The molecule has 76 valence electrons. The third-order valence-corrected chi connectivity index (χ3v) is 2.67. The zero-order valence-electron chi connectivity index (χ0n) is 7.83. The van der Waals surface area contributed by atoms with Crippen LogP contribution in [0.3, 0.4) is 0 Å². The van der Waals surface area contributed by atoms with Crippen LogP contribution in [-0.4, -0.2) is 25.3 Å². The lowest BCUT2D eigenvalue weighted by Gasteiger charge is -2.19. The lowest BCUT2D eigenvalue weighted by atomic mass is 9.96. The van der Waals surface area contributed by atoms with Gasteiger partial charge in [0.15, 0.2) is 0 Å². The van der Waals surface area contributed by atoms with Crippen molar-refractivity contribution < 1.29 is 13.9 Å². The molecule has 1 aliphatic carbocycles. The summed E-state index contributed by atoms with van der Waals surface area (Å²) in [4.78, 5) is 10.9. The van der Waals surface area contributed by atoms with Crippen LogP contribution >= 0.6 is 0 Å². The molecule has 1 rings (SSSR count). The molecule has 1 saturated carbocycles. The highest BCUT2D eigenvalue weighted by molar-refractivity contribution is 5.76. The molecule has 0 bridgehead atoms. The van der Waals surface area contributed by atoms with E-state index >= 15 is 0 Å². The molecule has 0 spiro atoms. The molecule has 1 aliphatic rings. The van der Waals surface area contributed by atoms with Gasteiger partial charge in [-0.25, -0.2) is 4.39 Å². The summed E-state index contributed by atoms with van der Waals surface area (Å²) in [6.07, 6.45) is 2.52. The van der Waals surface area contributed by atoms with Crippen molar-refractivity contribution in [3.8, 4) is 0 Å². The molecular formula is C9H16FNO2. The van der Waals surface area contributed by atoms with Crippen LogP contribution in [0.25, 0.3) is 0 Å². The van der Waals surface area contributed by atoms with Crippen LogP contribution in [0.15, 0.2) is 0 Å². The van der Waals surface area contributed by atoms with Gasteiger partial charge in [0.2, 0.25) is 0 Å². The van der Waals surface area contributed by atoms with E-state index in [2.05, 4.69) is 4.74 Å². The molecule has 2 N–H and O–H groups in total. The van der Waals surface area contributed by atoms with Crippen LogP contribution in [0, 0.1) is 5.92 Å². The Balaban J connectivity index is 2.45. The average molecular weight is 189 g/mol. The van der Waals surface area contributed by atoms with E-state index < -0.39 is 18.2 Å². The number of alkyl halides is 1. The summed E-state index contributed by atoms with van der Waals surface area (Å²) in [6, 6.07) is -1.10. The highest BCUT2D eigenvalue weighted by atomic mass is 19.1. The van der Waals surface area contributed by atoms with Gasteiger partial charge in [0, 0.05) is 0 Å². The number of halogens is 1. The second-order valence-electron chi connectivity index (χ2n) is 3.54. The van der Waals surface area contributed by atoms with Crippen molar-refractivity contribution in [2.45, 2.75) is 37.9 Å². The highest BCUT2D eigenvalue weighted by Gasteiger charge is 2.33. The Morgan fingerprint density at radius 3 is 2.54 bits per heavy atom. The van der Waals surface area contributed by atoms with Gasteiger partial charge < -0.3 is 10.5 Å². The Labute approximate surface area is 77.4 Å². The Hall–Kier alpha value is -0.640. The van der Waals surface area contributed by atoms with Crippen LogP contribution in [0.2, 0.25) is 0 Å². The van der Waals surface area contributed by atoms with E-state index in [4.69, 9.17) is 5.73 Å². The van der Waals surface area contributed by atoms with Gasteiger partial charge in [-0.05, 0) is 18.8 Å². The van der Waals surface area contributed by atoms with Gasteiger partial charge >= 0.3 is 5.97 Å². The monoisotopic (exact) mass is 189 g/mol. The molecular weight excluding hydrogens is 173 g/mol. The lowest BCUT2D eigenvalue weighted by Crippen LogP contribution is -2.43. The van der Waals surface area contributed by atoms with Crippen molar-refractivity contribution in [2.24, 2.45) is 11.7 Å². The molecule has 2 unspecified atom stereocenters. The standard InChI is InChI=1S/C9H16FNO2/c1-13-9(12)8(11)7(10)6-4-2-3-5-6/h6-8H,2-5,11H2,1H3. The largest absolute Gasteiger partial charge is 0.468 e. The fourth-order valence-electron chi connectivity index (χ4n) is 1.84. The molecule has 4 heteroatoms. The first-order valence-electron chi connectivity index (χ1n) is 4.64. The minimum atomic E-state index is -1.24. The van der Waals surface area contributed by atoms with Crippen molar-refractivity contribution in [1.82, 2.24) is 0 Å². The second-order valence-corrected chi connectivity index (χ2v) is 3.54. The van der Waals surface area contributed by atoms with Crippen LogP contribution in [0.1, 0.15) is 25.7 Å². The molecule has 2 atom stereocenters. The minimum Gasteiger partial charge on any atom is -0.468 e. The van der Waals surface area contributed by atoms with E-state index in [1.165, 1.54) is 7.11 Å². The summed E-state index contributed by atoms with van der Waals surface area (Å²) in [5.74, 6) is -0.700. The average Bonchev–Trinajstić information content (AvgIpc) is 2.67. The van der Waals surface area contributed by atoms with E-state index in [0.29, 0.717) is 0 Å². The number of hydrogen-bond donors (Lipinski definition) is 1. The Morgan fingerprint density at radius 2 is 2.08 bits per heavy atom. The van der Waals surface area contributed by atoms with E-state index in [1.807, 2.05) is 0 Å². The summed E-state index contributed by atoms with van der Waals surface area (Å²) in [6.45, 7) is 0. The fourth-order valence-corrected chi connectivity index (χ4v) is 1.84. The van der Waals surface area contributed by atoms with Crippen molar-refractivity contribution in [1.29, 1.82) is 0 Å². The van der Waals surface area contributed by atoms with Crippen LogP contribution < -0.4 is 5.73 Å². The van der Waals surface area contributed by atoms with E-state index in [9.17, 15) is 9.18 Å². The number of rotatable bonds is 3. The van der Waals surface area contributed by atoms with Gasteiger partial charge in [-0.1, -0.05) is 12.8 Å². The summed E-state index contributed by atoms with van der Waals surface area (Å²) < 4.78 is 17.9. The zero-order valence-corrected chi connectivity index (χ0v) is 7.83. The summed E-state index contributed by atoms with van der Waals surface area (Å²) in [5, 5.41) is 0. The first kappa shape index (κ1) is 10.4. The second kappa shape index (κ2) is 4.56. The quantitative estimate of drug-likeness (QED) is 0.674. The third-order valence-electron chi connectivity index (χ3n) is 2.67. The predicted molar refractivity (Wildman–Crippen MR) is 46.8 cm³/mol. The van der Waals surface area contributed by atoms with Crippen LogP contribution in [-0.2, 0) is 9.53 Å². The maximum atomic E-state index is 13.5. The van der Waals surface area contributed by atoms with Gasteiger partial charge in [-0.2, -0.15) is 0 Å². The molecule has 0 aromatic rings. The number of carbonyl (C=O) groups excluding carboxylic acids is 1. The summed E-state index contributed by atoms with van der Waals surface area (Å²) >= 11 is 0. The van der Waals surface area contributed by atoms with Gasteiger partial charge in [0.25, 0.3) is 0 Å². The number of methoxy groups -OCH3 is 1. The predicted octanol–water partition coefficient (Wildman–Crippen LogP) is 1.01. The number of carbonyl (C=O) groups is 1. The van der Waals surface area contributed by atoms with Crippen LogP contribution in [0.5, 0.6) is 0 Å². The Morgan fingerprint density at radius 1 is 1.54 bits per heavy atom. The van der Waals surface area contributed by atoms with E-state index in [1.54, 1.807) is 0 Å². The van der Waals surface area contributed by atoms with Crippen molar-refractivity contribution in [3.63, 3.8) is 0 Å². The van der Waals surface area contributed by atoms with E-state index in [0.717, 1.165) is 25.7 Å². The van der Waals surface area contributed by atoms with E-state index in [-0.39, 0.29) is 5.92 Å². The van der Waals surface area contributed by atoms with Crippen molar-refractivity contribution in [3.05, 3.63) is 0 Å². The molecule has 1 fully saturated rings. The fraction of sp³-hybridized carbons (Fsp3) is 0.889. The number of ether oxygens (including phenoxy) is 1. The summed E-state index contributed by atoms with van der Waals surface area (Å²) in [7, 11) is 1.23. The molecule has 0 radical (unpaired) electrons. The van der Waals surface area contributed by atoms with Crippen molar-refractivity contribution in [2.75, 3.05) is 7.11 Å². The smallest absolute Gasteiger partial charge is 0.325 e. The molecule has 3 nitrogen and oxygen atoms in total.